The Hall–Kier alpha value is -2.51. The summed E-state index contributed by atoms with van der Waals surface area (Å²) in [6, 6.07) is 13.9. The topological polar surface area (TPSA) is 27.7 Å². The molecule has 0 aromatic heterocycles. The van der Waals surface area contributed by atoms with Crippen molar-refractivity contribution < 1.29 is 13.6 Å². The Labute approximate surface area is 282 Å². The van der Waals surface area contributed by atoms with E-state index in [0.717, 1.165) is 17.2 Å². The summed E-state index contributed by atoms with van der Waals surface area (Å²) < 4.78 is 21.5. The predicted octanol–water partition coefficient (Wildman–Crippen LogP) is 13.0. The Morgan fingerprint density at radius 1 is 0.500 bits per heavy atom. The minimum atomic E-state index is -1.89. The highest BCUT2D eigenvalue weighted by atomic mass is 31.2. The Morgan fingerprint density at radius 2 is 0.848 bits per heavy atom. The molecule has 0 unspecified atom stereocenters. The van der Waals surface area contributed by atoms with Crippen LogP contribution in [0.3, 0.4) is 0 Å². The smallest absolute Gasteiger partial charge is 0.408 e. The highest BCUT2D eigenvalue weighted by molar-refractivity contribution is 7.43. The van der Waals surface area contributed by atoms with E-state index in [1.165, 1.54) is 50.1 Å². The van der Waals surface area contributed by atoms with E-state index in [2.05, 4.69) is 161 Å². The second-order valence-electron chi connectivity index (χ2n) is 18.8. The van der Waals surface area contributed by atoms with E-state index in [1.807, 2.05) is 0 Å². The van der Waals surface area contributed by atoms with Crippen LogP contribution in [0.15, 0.2) is 36.4 Å². The van der Waals surface area contributed by atoms with Crippen molar-refractivity contribution >= 4 is 8.60 Å². The zero-order valence-electron chi connectivity index (χ0n) is 32.2. The first-order valence-electron chi connectivity index (χ1n) is 17.0. The highest BCUT2D eigenvalue weighted by Gasteiger charge is 2.39. The first kappa shape index (κ1) is 36.3. The van der Waals surface area contributed by atoms with Crippen LogP contribution in [0.4, 0.5) is 0 Å². The lowest BCUT2D eigenvalue weighted by Crippen LogP contribution is -2.24. The van der Waals surface area contributed by atoms with E-state index in [0.29, 0.717) is 0 Å². The van der Waals surface area contributed by atoms with Gasteiger partial charge in [0.05, 0.1) is 0 Å². The lowest BCUT2D eigenvalue weighted by atomic mass is 9.75. The molecule has 1 aliphatic heterocycles. The Balaban J connectivity index is 2.09. The van der Waals surface area contributed by atoms with Gasteiger partial charge in [-0.1, -0.05) is 158 Å². The number of hydrogen-bond donors (Lipinski definition) is 0. The Bertz CT molecular complexity index is 1500. The molecule has 0 saturated carbocycles. The van der Waals surface area contributed by atoms with Crippen molar-refractivity contribution in [1.82, 2.24) is 0 Å². The largest absolute Gasteiger partial charge is 0.530 e. The zero-order valence-corrected chi connectivity index (χ0v) is 33.1. The van der Waals surface area contributed by atoms with Crippen molar-refractivity contribution in [3.8, 4) is 17.2 Å². The van der Waals surface area contributed by atoms with Crippen LogP contribution in [0, 0.1) is 13.8 Å². The molecule has 4 rings (SSSR count). The molecule has 0 atom stereocenters. The van der Waals surface area contributed by atoms with Crippen LogP contribution in [0.25, 0.3) is 0 Å². The maximum atomic E-state index is 7.24. The van der Waals surface area contributed by atoms with Crippen molar-refractivity contribution in [2.75, 3.05) is 0 Å². The van der Waals surface area contributed by atoms with Crippen LogP contribution in [0.1, 0.15) is 167 Å². The van der Waals surface area contributed by atoms with Gasteiger partial charge in [-0.05, 0) is 46.5 Å². The van der Waals surface area contributed by atoms with Crippen LogP contribution < -0.4 is 13.6 Å². The molecule has 0 aliphatic carbocycles. The van der Waals surface area contributed by atoms with Crippen molar-refractivity contribution in [3.63, 3.8) is 0 Å². The summed E-state index contributed by atoms with van der Waals surface area (Å²) >= 11 is 0. The third-order valence-electron chi connectivity index (χ3n) is 9.14. The lowest BCUT2D eigenvalue weighted by molar-refractivity contribution is 0.358. The van der Waals surface area contributed by atoms with Gasteiger partial charge in [0.25, 0.3) is 0 Å². The summed E-state index contributed by atoms with van der Waals surface area (Å²) in [7, 11) is -1.89. The second kappa shape index (κ2) is 11.9. The molecule has 0 N–H and O–H groups in total. The first-order valence-corrected chi connectivity index (χ1v) is 18.1. The van der Waals surface area contributed by atoms with Gasteiger partial charge in [0.15, 0.2) is 0 Å². The van der Waals surface area contributed by atoms with Crippen molar-refractivity contribution in [1.29, 1.82) is 0 Å². The van der Waals surface area contributed by atoms with Gasteiger partial charge in [-0.2, -0.15) is 0 Å². The molecule has 46 heavy (non-hydrogen) atoms. The fourth-order valence-electron chi connectivity index (χ4n) is 6.29. The van der Waals surface area contributed by atoms with Crippen LogP contribution >= 0.6 is 8.60 Å². The summed E-state index contributed by atoms with van der Waals surface area (Å²) in [5.41, 5.74) is 10.2. The molecule has 0 spiro atoms. The number of hydrogen-bond acceptors (Lipinski definition) is 3. The summed E-state index contributed by atoms with van der Waals surface area (Å²) in [4.78, 5) is 0. The van der Waals surface area contributed by atoms with E-state index in [4.69, 9.17) is 13.6 Å². The van der Waals surface area contributed by atoms with Crippen molar-refractivity contribution in [2.24, 2.45) is 0 Å². The summed E-state index contributed by atoms with van der Waals surface area (Å²) in [5, 5.41) is 0. The summed E-state index contributed by atoms with van der Waals surface area (Å²) in [5.74, 6) is 2.74. The number of rotatable bonds is 2. The van der Waals surface area contributed by atoms with Crippen LogP contribution in [-0.4, -0.2) is 0 Å². The minimum absolute atomic E-state index is 0.00986. The summed E-state index contributed by atoms with van der Waals surface area (Å²) in [6.07, 6.45) is 0. The van der Waals surface area contributed by atoms with Crippen molar-refractivity contribution in [2.45, 2.75) is 158 Å². The number of benzene rings is 3. The standard InChI is InChI=1S/C42H61O3P/c1-25-19-29-27(3)30-20-26(2)22-32(40(10,11)12)36(30)44-46(43-35(29)31(21-25)39(7,8)9)45-37-33(41(13,14)15)23-28(38(4,5)6)24-34(37)42(16,17)18/h19-24,27H,1-18H3. The van der Waals surface area contributed by atoms with Crippen LogP contribution in [-0.2, 0) is 27.1 Å². The van der Waals surface area contributed by atoms with Gasteiger partial charge in [0.1, 0.15) is 17.2 Å². The molecule has 0 radical (unpaired) electrons. The van der Waals surface area contributed by atoms with Crippen molar-refractivity contribution in [3.05, 3.63) is 86.5 Å². The van der Waals surface area contributed by atoms with Gasteiger partial charge >= 0.3 is 8.60 Å². The molecule has 0 amide bonds. The molecular formula is C42H61O3P. The first-order chi connectivity index (χ1) is 20.7. The van der Waals surface area contributed by atoms with E-state index < -0.39 is 8.60 Å². The fraction of sp³-hybridized carbons (Fsp3) is 0.571. The maximum Gasteiger partial charge on any atom is 0.530 e. The number of aryl methyl sites for hydroxylation is 2. The van der Waals surface area contributed by atoms with E-state index in [-0.39, 0.29) is 33.0 Å². The molecule has 1 heterocycles. The Morgan fingerprint density at radius 3 is 1.15 bits per heavy atom. The maximum absolute atomic E-state index is 7.24. The van der Waals surface area contributed by atoms with Crippen LogP contribution in [0.5, 0.6) is 17.2 Å². The molecule has 0 saturated heterocycles. The third-order valence-corrected chi connectivity index (χ3v) is 10.1. The Kier molecular flexibility index (Phi) is 9.38. The van der Waals surface area contributed by atoms with E-state index in [1.54, 1.807) is 0 Å². The molecule has 3 aromatic rings. The normalized spacial score (nSPS) is 17.7. The number of fused-ring (bicyclic) bond motifs is 2. The lowest BCUT2D eigenvalue weighted by Gasteiger charge is -2.36. The van der Waals surface area contributed by atoms with E-state index >= 15 is 0 Å². The fourth-order valence-corrected chi connectivity index (χ4v) is 7.45. The molecular weight excluding hydrogens is 583 g/mol. The van der Waals surface area contributed by atoms with Gasteiger partial charge in [-0.15, -0.1) is 0 Å². The SMILES string of the molecule is Cc1cc2c(c(C(C)(C)C)c1)OP(Oc1c(C(C)(C)C)cc(C(C)(C)C)cc1C(C)(C)C)Oc1c(cc(C)cc1C(C)(C)C)C2C. The molecule has 0 bridgehead atoms. The quantitative estimate of drug-likeness (QED) is 0.260. The highest BCUT2D eigenvalue weighted by Crippen LogP contribution is 2.57. The second-order valence-corrected chi connectivity index (χ2v) is 19.8. The molecule has 3 aromatic carbocycles. The average Bonchev–Trinajstić information content (AvgIpc) is 2.85. The monoisotopic (exact) mass is 644 g/mol. The third kappa shape index (κ3) is 7.46. The van der Waals surface area contributed by atoms with Gasteiger partial charge in [0, 0.05) is 39.3 Å². The molecule has 4 heteroatoms. The molecule has 1 aliphatic rings. The predicted molar refractivity (Wildman–Crippen MR) is 199 cm³/mol. The van der Waals surface area contributed by atoms with Crippen LogP contribution in [0.2, 0.25) is 0 Å². The van der Waals surface area contributed by atoms with Gasteiger partial charge in [-0.3, -0.25) is 0 Å². The van der Waals surface area contributed by atoms with E-state index in [9.17, 15) is 0 Å². The van der Waals surface area contributed by atoms with Gasteiger partial charge in [0.2, 0.25) is 0 Å². The summed E-state index contributed by atoms with van der Waals surface area (Å²) in [6.45, 7) is 40.7. The average molecular weight is 645 g/mol. The molecule has 252 valence electrons. The zero-order chi connectivity index (χ0) is 34.9. The minimum Gasteiger partial charge on any atom is -0.408 e. The van der Waals surface area contributed by atoms with Gasteiger partial charge in [-0.25, -0.2) is 0 Å². The molecule has 0 fully saturated rings. The van der Waals surface area contributed by atoms with Gasteiger partial charge < -0.3 is 13.6 Å². The molecule has 3 nitrogen and oxygen atoms in total.